The lowest BCUT2D eigenvalue weighted by Gasteiger charge is -2.15. The van der Waals surface area contributed by atoms with Crippen LogP contribution in [0.25, 0.3) is 11.0 Å². The van der Waals surface area contributed by atoms with Crippen LogP contribution >= 0.6 is 0 Å². The van der Waals surface area contributed by atoms with Crippen molar-refractivity contribution in [2.24, 2.45) is 0 Å². The third kappa shape index (κ3) is 3.07. The first-order valence-corrected chi connectivity index (χ1v) is 8.85. The summed E-state index contributed by atoms with van der Waals surface area (Å²) >= 11 is 0. The van der Waals surface area contributed by atoms with Crippen molar-refractivity contribution in [3.8, 4) is 0 Å². The normalized spacial score (nSPS) is 17.4. The Bertz CT molecular complexity index is 936. The molecule has 3 aromatic heterocycles. The highest BCUT2D eigenvalue weighted by molar-refractivity contribution is 5.79. The van der Waals surface area contributed by atoms with Gasteiger partial charge in [0, 0.05) is 24.8 Å². The van der Waals surface area contributed by atoms with E-state index in [2.05, 4.69) is 43.7 Å². The van der Waals surface area contributed by atoms with Crippen LogP contribution in [0.15, 0.2) is 24.5 Å². The Morgan fingerprint density at radius 1 is 1.23 bits per heavy atom. The van der Waals surface area contributed by atoms with Gasteiger partial charge >= 0.3 is 0 Å². The zero-order chi connectivity index (χ0) is 18.3. The van der Waals surface area contributed by atoms with Crippen molar-refractivity contribution < 1.29 is 4.39 Å². The van der Waals surface area contributed by atoms with Gasteiger partial charge in [-0.15, -0.1) is 0 Å². The molecular formula is C18H22FN7. The Labute approximate surface area is 151 Å². The van der Waals surface area contributed by atoms with Crippen molar-refractivity contribution in [1.82, 2.24) is 24.5 Å². The molecule has 0 aliphatic carbocycles. The zero-order valence-corrected chi connectivity index (χ0v) is 15.1. The molecular weight excluding hydrogens is 333 g/mol. The smallest absolute Gasteiger partial charge is 0.227 e. The molecule has 1 atom stereocenters. The molecule has 1 unspecified atom stereocenters. The van der Waals surface area contributed by atoms with E-state index >= 15 is 0 Å². The first-order valence-electron chi connectivity index (χ1n) is 8.85. The van der Waals surface area contributed by atoms with E-state index < -0.39 is 6.17 Å². The lowest BCUT2D eigenvalue weighted by Crippen LogP contribution is -2.22. The van der Waals surface area contributed by atoms with E-state index in [4.69, 9.17) is 0 Å². The molecule has 4 heterocycles. The van der Waals surface area contributed by atoms with Crippen LogP contribution in [0.1, 0.15) is 32.1 Å². The van der Waals surface area contributed by atoms with Gasteiger partial charge in [0.15, 0.2) is 0 Å². The highest BCUT2D eigenvalue weighted by Gasteiger charge is 2.23. The van der Waals surface area contributed by atoms with Gasteiger partial charge in [0.25, 0.3) is 0 Å². The number of anilines is 3. The average Bonchev–Trinajstić information content (AvgIpc) is 3.17. The summed E-state index contributed by atoms with van der Waals surface area (Å²) in [6, 6.07) is 4.07. The van der Waals surface area contributed by atoms with E-state index in [9.17, 15) is 4.39 Å². The second-order valence-corrected chi connectivity index (χ2v) is 6.88. The number of nitrogens with zero attached hydrogens (tertiary/aromatic N) is 6. The average molecular weight is 355 g/mol. The second kappa shape index (κ2) is 6.51. The van der Waals surface area contributed by atoms with Crippen molar-refractivity contribution in [2.75, 3.05) is 23.3 Å². The van der Waals surface area contributed by atoms with E-state index in [0.717, 1.165) is 16.9 Å². The van der Waals surface area contributed by atoms with Crippen molar-refractivity contribution in [3.05, 3.63) is 30.4 Å². The monoisotopic (exact) mass is 355 g/mol. The highest BCUT2D eigenvalue weighted by Crippen LogP contribution is 2.24. The quantitative estimate of drug-likeness (QED) is 0.773. The maximum absolute atomic E-state index is 13.4. The SMILES string of the molecule is Cc1nc2cnc(Nc3ccnc(N4CCC(F)C4)n3)cc2n1C(C)C. The third-order valence-corrected chi connectivity index (χ3v) is 4.58. The molecule has 0 amide bonds. The minimum Gasteiger partial charge on any atom is -0.338 e. The lowest BCUT2D eigenvalue weighted by atomic mass is 10.3. The fourth-order valence-corrected chi connectivity index (χ4v) is 3.44. The molecule has 0 saturated carbocycles. The molecule has 26 heavy (non-hydrogen) atoms. The molecule has 1 saturated heterocycles. The van der Waals surface area contributed by atoms with Crippen molar-refractivity contribution in [2.45, 2.75) is 39.4 Å². The van der Waals surface area contributed by atoms with Crippen LogP contribution in [0.4, 0.5) is 22.0 Å². The highest BCUT2D eigenvalue weighted by atomic mass is 19.1. The summed E-state index contributed by atoms with van der Waals surface area (Å²) in [5.41, 5.74) is 1.90. The number of halogens is 1. The number of aromatic nitrogens is 5. The predicted octanol–water partition coefficient (Wildman–Crippen LogP) is 3.40. The van der Waals surface area contributed by atoms with Crippen LogP contribution < -0.4 is 10.2 Å². The van der Waals surface area contributed by atoms with Gasteiger partial charge in [-0.25, -0.2) is 19.3 Å². The van der Waals surface area contributed by atoms with Crippen LogP contribution in [0.5, 0.6) is 0 Å². The molecule has 1 N–H and O–H groups in total. The summed E-state index contributed by atoms with van der Waals surface area (Å²) in [4.78, 5) is 19.6. The molecule has 4 rings (SSSR count). The first kappa shape index (κ1) is 16.7. The van der Waals surface area contributed by atoms with Gasteiger partial charge in [0.1, 0.15) is 29.1 Å². The van der Waals surface area contributed by atoms with Crippen LogP contribution in [0, 0.1) is 6.92 Å². The Hall–Kier alpha value is -2.77. The van der Waals surface area contributed by atoms with Crippen LogP contribution in [0.2, 0.25) is 0 Å². The number of nitrogens with one attached hydrogen (secondary N) is 1. The summed E-state index contributed by atoms with van der Waals surface area (Å²) in [7, 11) is 0. The fraction of sp³-hybridized carbons (Fsp3) is 0.444. The number of pyridine rings is 1. The largest absolute Gasteiger partial charge is 0.338 e. The molecule has 3 aromatic rings. The molecule has 0 radical (unpaired) electrons. The number of hydrogen-bond acceptors (Lipinski definition) is 6. The number of imidazole rings is 1. The first-order chi connectivity index (χ1) is 12.5. The molecule has 1 fully saturated rings. The van der Waals surface area contributed by atoms with Gasteiger partial charge in [-0.3, -0.25) is 0 Å². The Kier molecular flexibility index (Phi) is 4.18. The van der Waals surface area contributed by atoms with Gasteiger partial charge in [-0.1, -0.05) is 0 Å². The van der Waals surface area contributed by atoms with Crippen molar-refractivity contribution >= 4 is 28.6 Å². The van der Waals surface area contributed by atoms with Crippen molar-refractivity contribution in [1.29, 1.82) is 0 Å². The molecule has 0 aromatic carbocycles. The summed E-state index contributed by atoms with van der Waals surface area (Å²) in [6.07, 6.45) is 3.16. The van der Waals surface area contributed by atoms with E-state index in [1.807, 2.05) is 17.9 Å². The molecule has 136 valence electrons. The zero-order valence-electron chi connectivity index (χ0n) is 15.1. The maximum Gasteiger partial charge on any atom is 0.227 e. The van der Waals surface area contributed by atoms with Gasteiger partial charge in [0.05, 0.1) is 18.3 Å². The number of alkyl halides is 1. The summed E-state index contributed by atoms with van der Waals surface area (Å²) < 4.78 is 15.6. The third-order valence-electron chi connectivity index (χ3n) is 4.58. The van der Waals surface area contributed by atoms with Gasteiger partial charge < -0.3 is 14.8 Å². The topological polar surface area (TPSA) is 71.8 Å². The Balaban J connectivity index is 1.62. The number of aryl methyl sites for hydroxylation is 1. The maximum atomic E-state index is 13.4. The standard InChI is InChI=1S/C18H22FN7/c1-11(2)26-12(3)22-14-9-21-17(8-15(14)26)23-16-4-6-20-18(24-16)25-7-5-13(19)10-25/h4,6,8-9,11,13H,5,7,10H2,1-3H3,(H,20,21,23,24). The molecule has 8 heteroatoms. The second-order valence-electron chi connectivity index (χ2n) is 6.88. The van der Waals surface area contributed by atoms with E-state index in [1.54, 1.807) is 18.5 Å². The fourth-order valence-electron chi connectivity index (χ4n) is 3.44. The van der Waals surface area contributed by atoms with Gasteiger partial charge in [0.2, 0.25) is 5.95 Å². The van der Waals surface area contributed by atoms with E-state index in [0.29, 0.717) is 43.1 Å². The molecule has 0 spiro atoms. The molecule has 1 aliphatic heterocycles. The summed E-state index contributed by atoms with van der Waals surface area (Å²) in [5, 5.41) is 3.22. The molecule has 1 aliphatic rings. The summed E-state index contributed by atoms with van der Waals surface area (Å²) in [5.74, 6) is 2.83. The molecule has 0 bridgehead atoms. The Morgan fingerprint density at radius 3 is 2.81 bits per heavy atom. The molecule has 7 nitrogen and oxygen atoms in total. The van der Waals surface area contributed by atoms with Crippen LogP contribution in [0.3, 0.4) is 0 Å². The minimum atomic E-state index is -0.807. The number of fused-ring (bicyclic) bond motifs is 1. The lowest BCUT2D eigenvalue weighted by molar-refractivity contribution is 0.364. The van der Waals surface area contributed by atoms with Crippen LogP contribution in [-0.2, 0) is 0 Å². The van der Waals surface area contributed by atoms with E-state index in [-0.39, 0.29) is 0 Å². The van der Waals surface area contributed by atoms with E-state index in [1.165, 1.54) is 0 Å². The summed E-state index contributed by atoms with van der Waals surface area (Å²) in [6.45, 7) is 7.25. The predicted molar refractivity (Wildman–Crippen MR) is 99.7 cm³/mol. The van der Waals surface area contributed by atoms with Gasteiger partial charge in [-0.2, -0.15) is 4.98 Å². The number of rotatable bonds is 4. The Morgan fingerprint density at radius 2 is 2.08 bits per heavy atom. The van der Waals surface area contributed by atoms with Crippen molar-refractivity contribution in [3.63, 3.8) is 0 Å². The van der Waals surface area contributed by atoms with Gasteiger partial charge in [-0.05, 0) is 33.3 Å². The van der Waals surface area contributed by atoms with Crippen LogP contribution in [-0.4, -0.2) is 43.8 Å². The number of hydrogen-bond donors (Lipinski definition) is 1. The minimum absolute atomic E-state index is 0.310.